The molecule has 11 heteroatoms. The highest BCUT2D eigenvalue weighted by atomic mass is 35.5. The number of rotatable bonds is 10. The minimum atomic E-state index is -2.63. The molecule has 1 N–H and O–H groups in total. The Morgan fingerprint density at radius 2 is 2.00 bits per heavy atom. The number of pyridine rings is 2. The van der Waals surface area contributed by atoms with Crippen LogP contribution < -0.4 is 15.1 Å². The van der Waals surface area contributed by atoms with E-state index in [1.807, 2.05) is 0 Å². The minimum Gasteiger partial charge on any atom is -0.490 e. The third kappa shape index (κ3) is 4.76. The van der Waals surface area contributed by atoms with Gasteiger partial charge in [0.25, 0.3) is 6.43 Å². The lowest BCUT2D eigenvalue weighted by atomic mass is 10.1. The molecule has 0 saturated carbocycles. The number of alkyl halides is 2. The van der Waals surface area contributed by atoms with Crippen molar-refractivity contribution in [2.45, 2.75) is 19.9 Å². The van der Waals surface area contributed by atoms with Gasteiger partial charge in [-0.05, 0) is 31.2 Å². The number of carboxylic acid groups (broad SMARTS) is 1. The highest BCUT2D eigenvalue weighted by Crippen LogP contribution is 2.34. The molecule has 32 heavy (non-hydrogen) atoms. The second kappa shape index (κ2) is 10.1. The van der Waals surface area contributed by atoms with E-state index in [-0.39, 0.29) is 58.3 Å². The Balaban J connectivity index is 2.37. The molecule has 0 fully saturated rings. The van der Waals surface area contributed by atoms with Crippen molar-refractivity contribution in [2.75, 3.05) is 38.3 Å². The summed E-state index contributed by atoms with van der Waals surface area (Å²) < 4.78 is 38.2. The summed E-state index contributed by atoms with van der Waals surface area (Å²) in [6.07, 6.45) is -2.63. The molecule has 0 bridgehead atoms. The Morgan fingerprint density at radius 3 is 2.62 bits per heavy atom. The zero-order valence-electron chi connectivity index (χ0n) is 17.5. The van der Waals surface area contributed by atoms with Crippen LogP contribution in [0.1, 0.15) is 6.92 Å². The molecule has 0 amide bonds. The van der Waals surface area contributed by atoms with E-state index in [0.717, 1.165) is 0 Å². The Kier molecular flexibility index (Phi) is 7.47. The zero-order valence-corrected chi connectivity index (χ0v) is 18.2. The van der Waals surface area contributed by atoms with Gasteiger partial charge >= 0.3 is 5.97 Å². The van der Waals surface area contributed by atoms with Gasteiger partial charge in [0.1, 0.15) is 18.0 Å². The highest BCUT2D eigenvalue weighted by molar-refractivity contribution is 6.33. The van der Waals surface area contributed by atoms with E-state index in [0.29, 0.717) is 0 Å². The number of methoxy groups -OCH3 is 1. The number of anilines is 1. The molecule has 0 aliphatic heterocycles. The van der Waals surface area contributed by atoms with E-state index >= 15 is 0 Å². The lowest BCUT2D eigenvalue weighted by molar-refractivity contribution is -0.137. The van der Waals surface area contributed by atoms with Crippen LogP contribution in [-0.2, 0) is 16.1 Å². The van der Waals surface area contributed by atoms with Crippen molar-refractivity contribution in [3.8, 4) is 5.75 Å². The van der Waals surface area contributed by atoms with Crippen molar-refractivity contribution in [3.05, 3.63) is 39.5 Å². The lowest BCUT2D eigenvalue weighted by Crippen LogP contribution is -2.33. The molecule has 0 radical (unpaired) electrons. The number of carboxylic acids is 1. The first-order chi connectivity index (χ1) is 15.3. The fraction of sp³-hybridized carbons (Fsp3) is 0.381. The maximum Gasteiger partial charge on any atom is 0.323 e. The zero-order chi connectivity index (χ0) is 23.4. The average Bonchev–Trinajstić information content (AvgIpc) is 2.75. The monoisotopic (exact) mass is 469 g/mol. The molecule has 0 spiro atoms. The summed E-state index contributed by atoms with van der Waals surface area (Å²) >= 11 is 6.28. The van der Waals surface area contributed by atoms with E-state index in [1.54, 1.807) is 6.92 Å². The molecule has 8 nitrogen and oxygen atoms in total. The Labute approximate surface area is 186 Å². The van der Waals surface area contributed by atoms with Crippen molar-refractivity contribution in [1.29, 1.82) is 0 Å². The number of halogens is 3. The van der Waals surface area contributed by atoms with Crippen LogP contribution in [0.3, 0.4) is 0 Å². The van der Waals surface area contributed by atoms with E-state index in [2.05, 4.69) is 4.98 Å². The summed E-state index contributed by atoms with van der Waals surface area (Å²) in [5.41, 5.74) is -0.186. The number of carbonyl (C=O) groups is 1. The number of aromatic nitrogens is 2. The molecule has 3 rings (SSSR count). The number of aliphatic carboxylic acids is 1. The van der Waals surface area contributed by atoms with Gasteiger partial charge in [-0.2, -0.15) is 0 Å². The van der Waals surface area contributed by atoms with Gasteiger partial charge < -0.3 is 24.0 Å². The van der Waals surface area contributed by atoms with Crippen molar-refractivity contribution < 1.29 is 28.2 Å². The Morgan fingerprint density at radius 1 is 1.28 bits per heavy atom. The minimum absolute atomic E-state index is 0.0299. The Bertz CT molecular complexity index is 1200. The predicted octanol–water partition coefficient (Wildman–Crippen LogP) is 3.40. The van der Waals surface area contributed by atoms with Gasteiger partial charge in [-0.25, -0.2) is 13.8 Å². The third-order valence-corrected chi connectivity index (χ3v) is 5.09. The molecule has 0 atom stereocenters. The van der Waals surface area contributed by atoms with Gasteiger partial charge in [-0.15, -0.1) is 0 Å². The lowest BCUT2D eigenvalue weighted by Gasteiger charge is -2.24. The van der Waals surface area contributed by atoms with Crippen molar-refractivity contribution >= 4 is 45.3 Å². The van der Waals surface area contributed by atoms with E-state index < -0.39 is 30.9 Å². The fourth-order valence-electron chi connectivity index (χ4n) is 3.48. The van der Waals surface area contributed by atoms with Crippen LogP contribution in [0.25, 0.3) is 21.9 Å². The summed E-state index contributed by atoms with van der Waals surface area (Å²) in [5, 5.41) is 10.1. The predicted molar refractivity (Wildman–Crippen MR) is 117 cm³/mol. The van der Waals surface area contributed by atoms with Crippen LogP contribution in [-0.4, -0.2) is 60.5 Å². The summed E-state index contributed by atoms with van der Waals surface area (Å²) in [7, 11) is 1.45. The molecule has 0 unspecified atom stereocenters. The Hall–Kier alpha value is -2.98. The van der Waals surface area contributed by atoms with Crippen LogP contribution in [0, 0.1) is 0 Å². The maximum absolute atomic E-state index is 13.2. The standard InChI is InChI=1S/C21H22ClF2N3O5/c1-3-32-20-14(22)6-4-12-18(20)27(11-17(28)29)21-13(19(12)30)5-7-16(25-21)26(8-9-31-2)10-15(23)24/h4-7,15H,3,8-11H2,1-2H3,(H,28,29). The quantitative estimate of drug-likeness (QED) is 0.455. The van der Waals surface area contributed by atoms with Crippen LogP contribution >= 0.6 is 11.6 Å². The molecule has 0 aliphatic carbocycles. The summed E-state index contributed by atoms with van der Waals surface area (Å²) in [4.78, 5) is 30.6. The molecule has 1 aromatic carbocycles. The van der Waals surface area contributed by atoms with Crippen molar-refractivity contribution in [1.82, 2.24) is 9.55 Å². The summed E-state index contributed by atoms with van der Waals surface area (Å²) in [6, 6.07) is 5.91. The topological polar surface area (TPSA) is 93.9 Å². The van der Waals surface area contributed by atoms with E-state index in [9.17, 15) is 23.5 Å². The molecule has 3 aromatic rings. The van der Waals surface area contributed by atoms with E-state index in [1.165, 1.54) is 40.8 Å². The van der Waals surface area contributed by atoms with Crippen LogP contribution in [0.5, 0.6) is 5.75 Å². The van der Waals surface area contributed by atoms with Gasteiger partial charge in [-0.3, -0.25) is 9.59 Å². The first kappa shape index (κ1) is 23.7. The van der Waals surface area contributed by atoms with Gasteiger partial charge in [0.2, 0.25) is 0 Å². The smallest absolute Gasteiger partial charge is 0.323 e. The van der Waals surface area contributed by atoms with Crippen LogP contribution in [0.2, 0.25) is 5.02 Å². The number of ether oxygens (including phenoxy) is 2. The third-order valence-electron chi connectivity index (χ3n) is 4.79. The number of benzene rings is 1. The van der Waals surface area contributed by atoms with Crippen molar-refractivity contribution in [2.24, 2.45) is 0 Å². The van der Waals surface area contributed by atoms with E-state index in [4.69, 9.17) is 21.1 Å². The molecule has 2 heterocycles. The molecule has 172 valence electrons. The normalized spacial score (nSPS) is 11.4. The van der Waals surface area contributed by atoms with Crippen molar-refractivity contribution in [3.63, 3.8) is 0 Å². The first-order valence-electron chi connectivity index (χ1n) is 9.80. The second-order valence-corrected chi connectivity index (χ2v) is 7.29. The number of hydrogen-bond acceptors (Lipinski definition) is 6. The molecule has 2 aromatic heterocycles. The maximum atomic E-state index is 13.2. The van der Waals surface area contributed by atoms with Gasteiger partial charge in [-0.1, -0.05) is 11.6 Å². The second-order valence-electron chi connectivity index (χ2n) is 6.89. The number of hydrogen-bond donors (Lipinski definition) is 1. The van der Waals surface area contributed by atoms with Crippen LogP contribution in [0.4, 0.5) is 14.6 Å². The van der Waals surface area contributed by atoms with Gasteiger partial charge in [0.15, 0.2) is 11.2 Å². The SMILES string of the molecule is CCOc1c(Cl)ccc2c(=O)c3ccc(N(CCOC)CC(F)F)nc3n(CC(=O)O)c12. The van der Waals surface area contributed by atoms with Crippen LogP contribution in [0.15, 0.2) is 29.1 Å². The highest BCUT2D eigenvalue weighted by Gasteiger charge is 2.21. The molecular weight excluding hydrogens is 448 g/mol. The summed E-state index contributed by atoms with van der Waals surface area (Å²) in [5.74, 6) is -0.870. The number of fused-ring (bicyclic) bond motifs is 2. The summed E-state index contributed by atoms with van der Waals surface area (Å²) in [6.45, 7) is 1.11. The molecular formula is C21H22ClF2N3O5. The van der Waals surface area contributed by atoms with Gasteiger partial charge in [0.05, 0.1) is 41.1 Å². The molecule has 0 aliphatic rings. The first-order valence-corrected chi connectivity index (χ1v) is 10.2. The largest absolute Gasteiger partial charge is 0.490 e. The van der Waals surface area contributed by atoms with Gasteiger partial charge in [0, 0.05) is 13.7 Å². The molecule has 0 saturated heterocycles. The number of nitrogens with zero attached hydrogens (tertiary/aromatic N) is 3. The fourth-order valence-corrected chi connectivity index (χ4v) is 3.69. The average molecular weight is 470 g/mol.